The van der Waals surface area contributed by atoms with Crippen LogP contribution in [0.2, 0.25) is 0 Å². The van der Waals surface area contributed by atoms with Crippen molar-refractivity contribution in [1.29, 1.82) is 0 Å². The second kappa shape index (κ2) is 6.55. The van der Waals surface area contributed by atoms with Crippen LogP contribution in [0.3, 0.4) is 0 Å². The topological polar surface area (TPSA) is 3.24 Å². The lowest BCUT2D eigenvalue weighted by atomic mass is 9.89. The van der Waals surface area contributed by atoms with Gasteiger partial charge in [-0.05, 0) is 37.6 Å². The minimum absolute atomic E-state index is 0.557. The highest BCUT2D eigenvalue weighted by Crippen LogP contribution is 2.28. The SMILES string of the molecule is CCCN(C)Cc1ccccc1C1C=CC=CC1. The first-order valence-corrected chi connectivity index (χ1v) is 6.91. The van der Waals surface area contributed by atoms with Crippen molar-refractivity contribution in [2.75, 3.05) is 13.6 Å². The van der Waals surface area contributed by atoms with Crippen LogP contribution in [0.5, 0.6) is 0 Å². The van der Waals surface area contributed by atoms with Gasteiger partial charge in [-0.1, -0.05) is 55.5 Å². The van der Waals surface area contributed by atoms with E-state index in [4.69, 9.17) is 0 Å². The molecule has 0 radical (unpaired) electrons. The van der Waals surface area contributed by atoms with Crippen molar-refractivity contribution < 1.29 is 0 Å². The Labute approximate surface area is 111 Å². The van der Waals surface area contributed by atoms with E-state index in [1.165, 1.54) is 17.5 Å². The standard InChI is InChI=1S/C17H23N/c1-3-13-18(2)14-16-11-7-8-12-17(16)15-9-5-4-6-10-15/h4-9,11-12,15H,3,10,13-14H2,1-2H3. The average Bonchev–Trinajstić information content (AvgIpc) is 2.40. The van der Waals surface area contributed by atoms with Gasteiger partial charge in [0.05, 0.1) is 0 Å². The lowest BCUT2D eigenvalue weighted by Gasteiger charge is -2.21. The predicted octanol–water partition coefficient (Wildman–Crippen LogP) is 4.13. The van der Waals surface area contributed by atoms with E-state index in [0.717, 1.165) is 19.5 Å². The molecule has 1 aromatic carbocycles. The monoisotopic (exact) mass is 241 g/mol. The van der Waals surface area contributed by atoms with Crippen LogP contribution in [0.4, 0.5) is 0 Å². The van der Waals surface area contributed by atoms with E-state index in [0.29, 0.717) is 5.92 Å². The lowest BCUT2D eigenvalue weighted by molar-refractivity contribution is 0.326. The summed E-state index contributed by atoms with van der Waals surface area (Å²) in [7, 11) is 2.21. The third-order valence-electron chi connectivity index (χ3n) is 3.48. The van der Waals surface area contributed by atoms with Crippen LogP contribution >= 0.6 is 0 Å². The molecule has 0 saturated carbocycles. The minimum Gasteiger partial charge on any atom is -0.302 e. The number of rotatable bonds is 5. The summed E-state index contributed by atoms with van der Waals surface area (Å²) in [5.41, 5.74) is 2.96. The van der Waals surface area contributed by atoms with Gasteiger partial charge < -0.3 is 4.90 Å². The Morgan fingerprint density at radius 3 is 2.78 bits per heavy atom. The first-order chi connectivity index (χ1) is 8.81. The molecule has 0 N–H and O–H groups in total. The van der Waals surface area contributed by atoms with Gasteiger partial charge in [0, 0.05) is 12.5 Å². The van der Waals surface area contributed by atoms with E-state index in [1.807, 2.05) is 0 Å². The molecule has 0 heterocycles. The summed E-state index contributed by atoms with van der Waals surface area (Å²) >= 11 is 0. The van der Waals surface area contributed by atoms with Crippen LogP contribution in [0, 0.1) is 0 Å². The Morgan fingerprint density at radius 2 is 2.06 bits per heavy atom. The summed E-state index contributed by atoms with van der Waals surface area (Å²) in [4.78, 5) is 2.40. The van der Waals surface area contributed by atoms with Crippen molar-refractivity contribution in [3.05, 3.63) is 59.7 Å². The van der Waals surface area contributed by atoms with E-state index >= 15 is 0 Å². The fourth-order valence-corrected chi connectivity index (χ4v) is 2.60. The highest BCUT2D eigenvalue weighted by Gasteiger charge is 2.13. The van der Waals surface area contributed by atoms with E-state index in [2.05, 4.69) is 67.4 Å². The van der Waals surface area contributed by atoms with Crippen LogP contribution in [0.1, 0.15) is 36.8 Å². The third-order valence-corrected chi connectivity index (χ3v) is 3.48. The average molecular weight is 241 g/mol. The zero-order valence-corrected chi connectivity index (χ0v) is 11.5. The molecule has 0 spiro atoms. The Bertz CT molecular complexity index is 431. The second-order valence-corrected chi connectivity index (χ2v) is 5.09. The molecular formula is C17H23N. The van der Waals surface area contributed by atoms with Crippen molar-refractivity contribution in [2.45, 2.75) is 32.2 Å². The number of hydrogen-bond acceptors (Lipinski definition) is 1. The smallest absolute Gasteiger partial charge is 0.0233 e. The van der Waals surface area contributed by atoms with Crippen LogP contribution < -0.4 is 0 Å². The van der Waals surface area contributed by atoms with Crippen molar-refractivity contribution in [1.82, 2.24) is 4.90 Å². The Morgan fingerprint density at radius 1 is 1.22 bits per heavy atom. The Hall–Kier alpha value is -1.34. The normalized spacial score (nSPS) is 18.5. The maximum absolute atomic E-state index is 2.40. The van der Waals surface area contributed by atoms with Gasteiger partial charge >= 0.3 is 0 Å². The van der Waals surface area contributed by atoms with Crippen molar-refractivity contribution >= 4 is 0 Å². The molecule has 1 aromatic rings. The number of nitrogens with zero attached hydrogens (tertiary/aromatic N) is 1. The molecule has 1 nitrogen and oxygen atoms in total. The first kappa shape index (κ1) is 13.1. The largest absolute Gasteiger partial charge is 0.302 e. The molecule has 96 valence electrons. The van der Waals surface area contributed by atoms with Gasteiger partial charge in [-0.25, -0.2) is 0 Å². The molecule has 1 aliphatic carbocycles. The summed E-state index contributed by atoms with van der Waals surface area (Å²) in [6, 6.07) is 8.86. The number of benzene rings is 1. The zero-order valence-electron chi connectivity index (χ0n) is 11.5. The predicted molar refractivity (Wildman–Crippen MR) is 78.7 cm³/mol. The first-order valence-electron chi connectivity index (χ1n) is 6.91. The van der Waals surface area contributed by atoms with Crippen molar-refractivity contribution in [2.24, 2.45) is 0 Å². The molecule has 1 heteroatoms. The minimum atomic E-state index is 0.557. The van der Waals surface area contributed by atoms with E-state index in [1.54, 1.807) is 0 Å². The maximum Gasteiger partial charge on any atom is 0.0233 e. The molecule has 0 amide bonds. The van der Waals surface area contributed by atoms with Gasteiger partial charge in [0.25, 0.3) is 0 Å². The molecular weight excluding hydrogens is 218 g/mol. The summed E-state index contributed by atoms with van der Waals surface area (Å²) in [5.74, 6) is 0.557. The van der Waals surface area contributed by atoms with Crippen molar-refractivity contribution in [3.63, 3.8) is 0 Å². The van der Waals surface area contributed by atoms with E-state index in [-0.39, 0.29) is 0 Å². The molecule has 1 unspecified atom stereocenters. The molecule has 2 rings (SSSR count). The van der Waals surface area contributed by atoms with Crippen molar-refractivity contribution in [3.8, 4) is 0 Å². The van der Waals surface area contributed by atoms with Crippen LogP contribution in [-0.4, -0.2) is 18.5 Å². The molecule has 0 bridgehead atoms. The number of hydrogen-bond donors (Lipinski definition) is 0. The fraction of sp³-hybridized carbons (Fsp3) is 0.412. The molecule has 0 aliphatic heterocycles. The van der Waals surface area contributed by atoms with Crippen LogP contribution in [-0.2, 0) is 6.54 Å². The van der Waals surface area contributed by atoms with Gasteiger partial charge in [-0.15, -0.1) is 0 Å². The molecule has 1 aliphatic rings. The highest BCUT2D eigenvalue weighted by atomic mass is 15.1. The Balaban J connectivity index is 2.15. The van der Waals surface area contributed by atoms with Gasteiger partial charge in [-0.2, -0.15) is 0 Å². The Kier molecular flexibility index (Phi) is 4.77. The summed E-state index contributed by atoms with van der Waals surface area (Å²) in [6.45, 7) is 4.45. The molecule has 0 fully saturated rings. The van der Waals surface area contributed by atoms with Crippen LogP contribution in [0.15, 0.2) is 48.6 Å². The molecule has 18 heavy (non-hydrogen) atoms. The van der Waals surface area contributed by atoms with Gasteiger partial charge in [-0.3, -0.25) is 0 Å². The summed E-state index contributed by atoms with van der Waals surface area (Å²) in [5, 5.41) is 0. The quantitative estimate of drug-likeness (QED) is 0.749. The molecule has 0 saturated heterocycles. The highest BCUT2D eigenvalue weighted by molar-refractivity contribution is 5.35. The zero-order chi connectivity index (χ0) is 12.8. The van der Waals surface area contributed by atoms with Gasteiger partial charge in [0.1, 0.15) is 0 Å². The van der Waals surface area contributed by atoms with Gasteiger partial charge in [0.15, 0.2) is 0 Å². The lowest BCUT2D eigenvalue weighted by Crippen LogP contribution is -2.19. The number of allylic oxidation sites excluding steroid dienone is 4. The summed E-state index contributed by atoms with van der Waals surface area (Å²) in [6.07, 6.45) is 11.2. The fourth-order valence-electron chi connectivity index (χ4n) is 2.60. The van der Waals surface area contributed by atoms with E-state index in [9.17, 15) is 0 Å². The molecule has 0 aromatic heterocycles. The van der Waals surface area contributed by atoms with Crippen LogP contribution in [0.25, 0.3) is 0 Å². The van der Waals surface area contributed by atoms with Gasteiger partial charge in [0.2, 0.25) is 0 Å². The van der Waals surface area contributed by atoms with E-state index < -0.39 is 0 Å². The second-order valence-electron chi connectivity index (χ2n) is 5.09. The maximum atomic E-state index is 2.40. The molecule has 1 atom stereocenters. The third kappa shape index (κ3) is 3.33. The summed E-state index contributed by atoms with van der Waals surface area (Å²) < 4.78 is 0.